The van der Waals surface area contributed by atoms with Gasteiger partial charge in [-0.1, -0.05) is 0 Å². The van der Waals surface area contributed by atoms with Crippen molar-refractivity contribution in [1.29, 1.82) is 0 Å². The van der Waals surface area contributed by atoms with Crippen LogP contribution in [-0.4, -0.2) is 30.8 Å². The molecule has 2 heterocycles. The van der Waals surface area contributed by atoms with Gasteiger partial charge in [-0.05, 0) is 23.9 Å². The van der Waals surface area contributed by atoms with E-state index in [2.05, 4.69) is 15.2 Å². The topological polar surface area (TPSA) is 80.9 Å². The van der Waals surface area contributed by atoms with Gasteiger partial charge >= 0.3 is 5.97 Å². The fourth-order valence-corrected chi connectivity index (χ4v) is 1.73. The third-order valence-corrected chi connectivity index (χ3v) is 2.85. The Morgan fingerprint density at radius 3 is 2.81 bits per heavy atom. The van der Waals surface area contributed by atoms with Crippen molar-refractivity contribution in [2.75, 3.05) is 0 Å². The van der Waals surface area contributed by atoms with Crippen molar-refractivity contribution in [1.82, 2.24) is 19.7 Å². The minimum Gasteiger partial charge on any atom is -0.478 e. The van der Waals surface area contributed by atoms with E-state index in [0.29, 0.717) is 10.2 Å². The first-order chi connectivity index (χ1) is 7.66. The van der Waals surface area contributed by atoms with Crippen molar-refractivity contribution >= 4 is 17.7 Å². The molecule has 0 aliphatic heterocycles. The van der Waals surface area contributed by atoms with E-state index in [9.17, 15) is 4.79 Å². The van der Waals surface area contributed by atoms with Gasteiger partial charge in [0.15, 0.2) is 5.16 Å². The van der Waals surface area contributed by atoms with Crippen molar-refractivity contribution in [3.63, 3.8) is 0 Å². The fraction of sp³-hybridized carbons (Fsp3) is 0.111. The van der Waals surface area contributed by atoms with E-state index >= 15 is 0 Å². The summed E-state index contributed by atoms with van der Waals surface area (Å²) in [6.45, 7) is 0. The molecule has 0 atom stereocenters. The average molecular weight is 236 g/mol. The van der Waals surface area contributed by atoms with Crippen LogP contribution in [0, 0.1) is 0 Å². The standard InChI is InChI=1S/C9H8N4O2S/c1-13-5-11-12-9(13)16-7-3-2-6(4-10-7)8(14)15/h2-5H,1H3,(H,14,15). The van der Waals surface area contributed by atoms with Crippen molar-refractivity contribution < 1.29 is 9.90 Å². The number of hydrogen-bond acceptors (Lipinski definition) is 5. The van der Waals surface area contributed by atoms with Gasteiger partial charge in [-0.25, -0.2) is 9.78 Å². The smallest absolute Gasteiger partial charge is 0.337 e. The van der Waals surface area contributed by atoms with E-state index in [0.717, 1.165) is 0 Å². The maximum absolute atomic E-state index is 10.6. The summed E-state index contributed by atoms with van der Waals surface area (Å²) in [6.07, 6.45) is 2.91. The number of aromatic nitrogens is 4. The number of aryl methyl sites for hydroxylation is 1. The molecule has 0 saturated carbocycles. The Morgan fingerprint density at radius 2 is 2.31 bits per heavy atom. The summed E-state index contributed by atoms with van der Waals surface area (Å²) >= 11 is 1.33. The summed E-state index contributed by atoms with van der Waals surface area (Å²) < 4.78 is 1.76. The van der Waals surface area contributed by atoms with Crippen LogP contribution in [0.5, 0.6) is 0 Å². The monoisotopic (exact) mass is 236 g/mol. The molecule has 0 aliphatic carbocycles. The summed E-state index contributed by atoms with van der Waals surface area (Å²) in [5.74, 6) is -0.984. The largest absolute Gasteiger partial charge is 0.478 e. The maximum atomic E-state index is 10.6. The molecule has 2 aromatic rings. The zero-order chi connectivity index (χ0) is 11.5. The number of rotatable bonds is 3. The maximum Gasteiger partial charge on any atom is 0.337 e. The first-order valence-corrected chi connectivity index (χ1v) is 5.19. The van der Waals surface area contributed by atoms with Crippen LogP contribution in [0.1, 0.15) is 10.4 Å². The van der Waals surface area contributed by atoms with Crippen LogP contribution < -0.4 is 0 Å². The van der Waals surface area contributed by atoms with Crippen LogP contribution in [-0.2, 0) is 7.05 Å². The molecule has 82 valence electrons. The number of nitrogens with zero attached hydrogens (tertiary/aromatic N) is 4. The van der Waals surface area contributed by atoms with Crippen LogP contribution in [0.25, 0.3) is 0 Å². The van der Waals surface area contributed by atoms with E-state index in [1.807, 2.05) is 7.05 Å². The summed E-state index contributed by atoms with van der Waals surface area (Å²) in [5.41, 5.74) is 0.169. The summed E-state index contributed by atoms with van der Waals surface area (Å²) in [6, 6.07) is 3.15. The van der Waals surface area contributed by atoms with Crippen LogP contribution >= 0.6 is 11.8 Å². The molecule has 0 radical (unpaired) electrons. The number of pyridine rings is 1. The fourth-order valence-electron chi connectivity index (χ4n) is 1.03. The molecular weight excluding hydrogens is 228 g/mol. The molecular formula is C9H8N4O2S. The molecule has 0 aliphatic rings. The normalized spacial score (nSPS) is 10.3. The van der Waals surface area contributed by atoms with Gasteiger partial charge in [-0.2, -0.15) is 0 Å². The molecule has 0 aromatic carbocycles. The molecule has 2 rings (SSSR count). The zero-order valence-electron chi connectivity index (χ0n) is 8.36. The third-order valence-electron chi connectivity index (χ3n) is 1.85. The predicted molar refractivity (Wildman–Crippen MR) is 56.3 cm³/mol. The first kappa shape index (κ1) is 10.6. The second-order valence-corrected chi connectivity index (χ2v) is 4.00. The van der Waals surface area contributed by atoms with Crippen molar-refractivity contribution in [3.05, 3.63) is 30.2 Å². The SMILES string of the molecule is Cn1cnnc1Sc1ccc(C(=O)O)cn1. The molecule has 2 aromatic heterocycles. The molecule has 7 heteroatoms. The Balaban J connectivity index is 2.17. The molecule has 0 unspecified atom stereocenters. The molecule has 6 nitrogen and oxygen atoms in total. The molecule has 16 heavy (non-hydrogen) atoms. The first-order valence-electron chi connectivity index (χ1n) is 4.38. The average Bonchev–Trinajstić information content (AvgIpc) is 2.65. The van der Waals surface area contributed by atoms with E-state index in [-0.39, 0.29) is 5.56 Å². The highest BCUT2D eigenvalue weighted by atomic mass is 32.2. The van der Waals surface area contributed by atoms with Gasteiger partial charge in [0.05, 0.1) is 5.56 Å². The van der Waals surface area contributed by atoms with Crippen molar-refractivity contribution in [2.45, 2.75) is 10.2 Å². The molecule has 0 amide bonds. The lowest BCUT2D eigenvalue weighted by atomic mass is 10.3. The number of hydrogen-bond donors (Lipinski definition) is 1. The third kappa shape index (κ3) is 2.19. The quantitative estimate of drug-likeness (QED) is 0.858. The molecule has 0 saturated heterocycles. The van der Waals surface area contributed by atoms with Gasteiger partial charge in [0.2, 0.25) is 0 Å². The Morgan fingerprint density at radius 1 is 1.50 bits per heavy atom. The molecule has 1 N–H and O–H groups in total. The Hall–Kier alpha value is -1.89. The number of carboxylic acid groups (broad SMARTS) is 1. The predicted octanol–water partition coefficient (Wildman–Crippen LogP) is 1.06. The van der Waals surface area contributed by atoms with E-state index in [4.69, 9.17) is 5.11 Å². The lowest BCUT2D eigenvalue weighted by Crippen LogP contribution is -1.97. The minimum atomic E-state index is -0.984. The van der Waals surface area contributed by atoms with Crippen LogP contribution in [0.4, 0.5) is 0 Å². The van der Waals surface area contributed by atoms with Gasteiger partial charge in [-0.3, -0.25) is 0 Å². The number of aromatic carboxylic acids is 1. The van der Waals surface area contributed by atoms with Crippen LogP contribution in [0.2, 0.25) is 0 Å². The summed E-state index contributed by atoms with van der Waals surface area (Å²) in [4.78, 5) is 14.6. The van der Waals surface area contributed by atoms with Crippen LogP contribution in [0.15, 0.2) is 34.8 Å². The second-order valence-electron chi connectivity index (χ2n) is 3.02. The van der Waals surface area contributed by atoms with Gasteiger partial charge in [0, 0.05) is 13.2 Å². The highest BCUT2D eigenvalue weighted by Crippen LogP contribution is 2.22. The Kier molecular flexibility index (Phi) is 2.86. The van der Waals surface area contributed by atoms with Crippen LogP contribution in [0.3, 0.4) is 0 Å². The van der Waals surface area contributed by atoms with Gasteiger partial charge in [0.1, 0.15) is 11.4 Å². The Bertz CT molecular complexity index is 508. The van der Waals surface area contributed by atoms with Crippen molar-refractivity contribution in [3.8, 4) is 0 Å². The molecule has 0 bridgehead atoms. The molecule has 0 spiro atoms. The van der Waals surface area contributed by atoms with Gasteiger partial charge in [-0.15, -0.1) is 10.2 Å². The number of carbonyl (C=O) groups is 1. The lowest BCUT2D eigenvalue weighted by Gasteiger charge is -1.99. The lowest BCUT2D eigenvalue weighted by molar-refractivity contribution is 0.0696. The highest BCUT2D eigenvalue weighted by molar-refractivity contribution is 7.99. The summed E-state index contributed by atoms with van der Waals surface area (Å²) in [5, 5.41) is 17.7. The van der Waals surface area contributed by atoms with E-state index in [1.165, 1.54) is 24.0 Å². The van der Waals surface area contributed by atoms with Gasteiger partial charge < -0.3 is 9.67 Å². The van der Waals surface area contributed by atoms with Crippen molar-refractivity contribution in [2.24, 2.45) is 7.05 Å². The van der Waals surface area contributed by atoms with Gasteiger partial charge in [0.25, 0.3) is 0 Å². The Labute approximate surface area is 95.3 Å². The highest BCUT2D eigenvalue weighted by Gasteiger charge is 2.06. The summed E-state index contributed by atoms with van der Waals surface area (Å²) in [7, 11) is 1.83. The number of carboxylic acids is 1. The second kappa shape index (κ2) is 4.31. The van der Waals surface area contributed by atoms with E-state index in [1.54, 1.807) is 17.0 Å². The minimum absolute atomic E-state index is 0.169. The van der Waals surface area contributed by atoms with E-state index < -0.39 is 5.97 Å². The molecule has 0 fully saturated rings. The zero-order valence-corrected chi connectivity index (χ0v) is 9.18.